The zero-order valence-electron chi connectivity index (χ0n) is 16.4. The molecule has 0 bridgehead atoms. The maximum Gasteiger partial charge on any atom is 0.264 e. The van der Waals surface area contributed by atoms with Gasteiger partial charge in [-0.15, -0.1) is 0 Å². The van der Waals surface area contributed by atoms with E-state index in [1.165, 1.54) is 24.1 Å². The summed E-state index contributed by atoms with van der Waals surface area (Å²) < 4.78 is 51.3. The van der Waals surface area contributed by atoms with Gasteiger partial charge in [0.05, 0.1) is 22.8 Å². The van der Waals surface area contributed by atoms with Gasteiger partial charge in [0.25, 0.3) is 15.9 Å². The molecule has 0 spiro atoms. The molecule has 0 aromatic heterocycles. The lowest BCUT2D eigenvalue weighted by molar-refractivity contribution is 0.0704. The average Bonchev–Trinajstić information content (AvgIpc) is 3.07. The molecule has 29 heavy (non-hydrogen) atoms. The smallest absolute Gasteiger partial charge is 0.264 e. The molecule has 0 aliphatic carbocycles. The summed E-state index contributed by atoms with van der Waals surface area (Å²) in [6, 6.07) is 14.2. The zero-order valence-corrected chi connectivity index (χ0v) is 18.0. The Morgan fingerprint density at radius 3 is 2.28 bits per heavy atom. The van der Waals surface area contributed by atoms with E-state index in [1.54, 1.807) is 49.4 Å². The Labute approximate surface area is 171 Å². The lowest BCUT2D eigenvalue weighted by atomic mass is 10.1. The number of hydrogen-bond donors (Lipinski definition) is 0. The molecular weight excluding hydrogens is 412 g/mol. The molecule has 3 rings (SSSR count). The summed E-state index contributed by atoms with van der Waals surface area (Å²) in [5.41, 5.74) is 0.519. The highest BCUT2D eigenvalue weighted by Crippen LogP contribution is 2.27. The quantitative estimate of drug-likeness (QED) is 0.692. The second-order valence-corrected chi connectivity index (χ2v) is 11.1. The van der Waals surface area contributed by atoms with Crippen molar-refractivity contribution < 1.29 is 21.6 Å². The van der Waals surface area contributed by atoms with Crippen molar-refractivity contribution >= 4 is 31.5 Å². The molecule has 1 heterocycles. The first kappa shape index (κ1) is 21.3. The van der Waals surface area contributed by atoms with Crippen LogP contribution in [0.3, 0.4) is 0 Å². The van der Waals surface area contributed by atoms with Crippen LogP contribution in [0.4, 0.5) is 5.69 Å². The first-order valence-electron chi connectivity index (χ1n) is 9.32. The lowest BCUT2D eigenvalue weighted by Gasteiger charge is -2.28. The molecule has 9 heteroatoms. The fourth-order valence-corrected chi connectivity index (χ4v) is 6.64. The van der Waals surface area contributed by atoms with E-state index < -0.39 is 31.8 Å². The van der Waals surface area contributed by atoms with E-state index in [1.807, 2.05) is 0 Å². The summed E-state index contributed by atoms with van der Waals surface area (Å²) in [7, 11) is -5.73. The van der Waals surface area contributed by atoms with Crippen LogP contribution in [0.25, 0.3) is 0 Å². The normalized spacial score (nSPS) is 18.3. The third-order valence-electron chi connectivity index (χ3n) is 5.13. The number of amides is 1. The van der Waals surface area contributed by atoms with Gasteiger partial charge in [-0.05, 0) is 37.6 Å². The van der Waals surface area contributed by atoms with E-state index in [9.17, 15) is 21.6 Å². The predicted octanol–water partition coefficient (Wildman–Crippen LogP) is 2.16. The molecule has 1 saturated heterocycles. The third kappa shape index (κ3) is 4.30. The number of nitrogens with zero attached hydrogens (tertiary/aromatic N) is 2. The van der Waals surface area contributed by atoms with E-state index in [0.29, 0.717) is 18.7 Å². The monoisotopic (exact) mass is 436 g/mol. The Balaban J connectivity index is 1.99. The summed E-state index contributed by atoms with van der Waals surface area (Å²) >= 11 is 0. The lowest BCUT2D eigenvalue weighted by Crippen LogP contribution is -2.41. The zero-order chi connectivity index (χ0) is 21.2. The SMILES string of the molecule is CCN(C(=O)c1ccccc1S(=O)(=O)N(C)c1ccccc1)[C@H]1CCS(=O)(=O)C1. The van der Waals surface area contributed by atoms with Gasteiger partial charge in [0.2, 0.25) is 0 Å². The molecule has 0 saturated carbocycles. The first-order chi connectivity index (χ1) is 13.7. The topological polar surface area (TPSA) is 91.8 Å². The van der Waals surface area contributed by atoms with Gasteiger partial charge in [-0.1, -0.05) is 30.3 Å². The standard InChI is InChI=1S/C20H24N2O5S2/c1-3-22(17-13-14-28(24,25)15-17)20(23)18-11-7-8-12-19(18)29(26,27)21(2)16-9-5-4-6-10-16/h4-12,17H,3,13-15H2,1-2H3/t17-/m0/s1. The highest BCUT2D eigenvalue weighted by atomic mass is 32.2. The van der Waals surface area contributed by atoms with E-state index in [0.717, 1.165) is 4.31 Å². The Hall–Kier alpha value is -2.39. The van der Waals surface area contributed by atoms with Crippen molar-refractivity contribution in [3.63, 3.8) is 0 Å². The van der Waals surface area contributed by atoms with Crippen LogP contribution in [0.15, 0.2) is 59.5 Å². The van der Waals surface area contributed by atoms with E-state index in [4.69, 9.17) is 0 Å². The molecule has 7 nitrogen and oxygen atoms in total. The molecule has 1 fully saturated rings. The van der Waals surface area contributed by atoms with Gasteiger partial charge in [-0.25, -0.2) is 16.8 Å². The number of sulfonamides is 1. The number of hydrogen-bond acceptors (Lipinski definition) is 5. The van der Waals surface area contributed by atoms with Crippen LogP contribution in [-0.2, 0) is 19.9 Å². The summed E-state index contributed by atoms with van der Waals surface area (Å²) in [6.45, 7) is 2.05. The van der Waals surface area contributed by atoms with Crippen molar-refractivity contribution in [1.82, 2.24) is 4.90 Å². The van der Waals surface area contributed by atoms with Gasteiger partial charge in [-0.2, -0.15) is 0 Å². The summed E-state index contributed by atoms with van der Waals surface area (Å²) in [6.07, 6.45) is 0.362. The molecule has 1 amide bonds. The van der Waals surface area contributed by atoms with Crippen molar-refractivity contribution in [2.45, 2.75) is 24.3 Å². The van der Waals surface area contributed by atoms with Gasteiger partial charge in [0.15, 0.2) is 9.84 Å². The largest absolute Gasteiger partial charge is 0.335 e. The molecule has 2 aromatic carbocycles. The number of para-hydroxylation sites is 1. The van der Waals surface area contributed by atoms with Crippen LogP contribution in [0.5, 0.6) is 0 Å². The van der Waals surface area contributed by atoms with Crippen LogP contribution in [0, 0.1) is 0 Å². The van der Waals surface area contributed by atoms with Crippen LogP contribution >= 0.6 is 0 Å². The molecule has 1 aliphatic rings. The molecule has 0 radical (unpaired) electrons. The Bertz CT molecular complexity index is 1100. The number of anilines is 1. The van der Waals surface area contributed by atoms with Gasteiger partial charge in [-0.3, -0.25) is 9.10 Å². The van der Waals surface area contributed by atoms with Crippen molar-refractivity contribution in [3.05, 3.63) is 60.2 Å². The molecule has 156 valence electrons. The fourth-order valence-electron chi connectivity index (χ4n) is 3.54. The fraction of sp³-hybridized carbons (Fsp3) is 0.350. The number of carbonyl (C=O) groups is 1. The minimum absolute atomic E-state index is 0.0398. The number of carbonyl (C=O) groups excluding carboxylic acids is 1. The molecule has 2 aromatic rings. The maximum absolute atomic E-state index is 13.3. The highest BCUT2D eigenvalue weighted by molar-refractivity contribution is 7.93. The first-order valence-corrected chi connectivity index (χ1v) is 12.6. The molecule has 1 aliphatic heterocycles. The Morgan fingerprint density at radius 1 is 1.07 bits per heavy atom. The molecular formula is C20H24N2O5S2. The minimum atomic E-state index is -3.99. The van der Waals surface area contributed by atoms with Crippen molar-refractivity contribution in [3.8, 4) is 0 Å². The molecule has 0 N–H and O–H groups in total. The number of rotatable bonds is 6. The van der Waals surface area contributed by atoms with Gasteiger partial charge in [0.1, 0.15) is 4.90 Å². The maximum atomic E-state index is 13.3. The second kappa shape index (κ2) is 8.16. The summed E-state index contributed by atoms with van der Waals surface area (Å²) in [5, 5.41) is 0. The number of benzene rings is 2. The van der Waals surface area contributed by atoms with Crippen molar-refractivity contribution in [2.24, 2.45) is 0 Å². The van der Waals surface area contributed by atoms with Crippen LogP contribution in [0.2, 0.25) is 0 Å². The molecule has 1 atom stereocenters. The van der Waals surface area contributed by atoms with E-state index in [2.05, 4.69) is 0 Å². The number of sulfone groups is 1. The van der Waals surface area contributed by atoms with Crippen LogP contribution < -0.4 is 4.31 Å². The van der Waals surface area contributed by atoms with Gasteiger partial charge >= 0.3 is 0 Å². The summed E-state index contributed by atoms with van der Waals surface area (Å²) in [5.74, 6) is -0.529. The minimum Gasteiger partial charge on any atom is -0.335 e. The van der Waals surface area contributed by atoms with Gasteiger partial charge < -0.3 is 4.90 Å². The van der Waals surface area contributed by atoms with E-state index in [-0.39, 0.29) is 22.0 Å². The Kier molecular flexibility index (Phi) is 6.00. The molecule has 0 unspecified atom stereocenters. The van der Waals surface area contributed by atoms with E-state index >= 15 is 0 Å². The summed E-state index contributed by atoms with van der Waals surface area (Å²) in [4.78, 5) is 14.6. The van der Waals surface area contributed by atoms with Gasteiger partial charge in [0, 0.05) is 19.6 Å². The highest BCUT2D eigenvalue weighted by Gasteiger charge is 2.36. The average molecular weight is 437 g/mol. The Morgan fingerprint density at radius 2 is 1.69 bits per heavy atom. The van der Waals surface area contributed by atoms with Crippen LogP contribution in [0.1, 0.15) is 23.7 Å². The second-order valence-electron chi connectivity index (χ2n) is 6.95. The predicted molar refractivity (Wildman–Crippen MR) is 112 cm³/mol. The van der Waals surface area contributed by atoms with Crippen molar-refractivity contribution in [2.75, 3.05) is 29.4 Å². The van der Waals surface area contributed by atoms with Crippen LogP contribution in [-0.4, -0.2) is 58.8 Å². The third-order valence-corrected chi connectivity index (χ3v) is 8.72. The van der Waals surface area contributed by atoms with Crippen molar-refractivity contribution in [1.29, 1.82) is 0 Å².